The molecule has 1 N–H and O–H groups in total. The van der Waals surface area contributed by atoms with Gasteiger partial charge in [-0.05, 0) is 40.0 Å². The van der Waals surface area contributed by atoms with Crippen molar-refractivity contribution in [3.05, 3.63) is 0 Å². The van der Waals surface area contributed by atoms with Crippen molar-refractivity contribution < 1.29 is 19.1 Å². The van der Waals surface area contributed by atoms with Gasteiger partial charge in [0.25, 0.3) is 0 Å². The average molecular weight is 325 g/mol. The summed E-state index contributed by atoms with van der Waals surface area (Å²) in [6.07, 6.45) is 2.75. The summed E-state index contributed by atoms with van der Waals surface area (Å²) in [6, 6.07) is -0.484. The Morgan fingerprint density at radius 3 is 2.57 bits per heavy atom. The van der Waals surface area contributed by atoms with E-state index in [0.29, 0.717) is 13.1 Å². The number of ether oxygens (including phenoxy) is 1. The molecule has 2 rings (SSSR count). The van der Waals surface area contributed by atoms with E-state index in [1.807, 2.05) is 20.8 Å². The molecule has 2 saturated heterocycles. The fourth-order valence-corrected chi connectivity index (χ4v) is 2.97. The van der Waals surface area contributed by atoms with Crippen molar-refractivity contribution in [1.29, 1.82) is 0 Å². The highest BCUT2D eigenvalue weighted by atomic mass is 16.6. The Morgan fingerprint density at radius 2 is 2.00 bits per heavy atom. The number of carbonyl (C=O) groups is 3. The third kappa shape index (κ3) is 4.43. The van der Waals surface area contributed by atoms with Crippen molar-refractivity contribution in [2.45, 2.75) is 64.1 Å². The third-order valence-electron chi connectivity index (χ3n) is 4.24. The summed E-state index contributed by atoms with van der Waals surface area (Å²) in [7, 11) is 1.50. The maximum absolute atomic E-state index is 12.3. The summed E-state index contributed by atoms with van der Waals surface area (Å²) in [6.45, 7) is 6.71. The first kappa shape index (κ1) is 17.7. The lowest BCUT2D eigenvalue weighted by Gasteiger charge is -2.37. The predicted octanol–water partition coefficient (Wildman–Crippen LogP) is 1.12. The number of amides is 3. The van der Waals surface area contributed by atoms with E-state index in [4.69, 9.17) is 4.74 Å². The van der Waals surface area contributed by atoms with Crippen LogP contribution in [0.2, 0.25) is 0 Å². The minimum atomic E-state index is -0.525. The van der Waals surface area contributed by atoms with E-state index >= 15 is 0 Å². The number of rotatable bonds is 3. The van der Waals surface area contributed by atoms with Crippen LogP contribution in [0.15, 0.2) is 0 Å². The van der Waals surface area contributed by atoms with Gasteiger partial charge in [-0.3, -0.25) is 14.5 Å². The van der Waals surface area contributed by atoms with Crippen LogP contribution < -0.4 is 5.32 Å². The highest BCUT2D eigenvalue weighted by Gasteiger charge is 2.37. The summed E-state index contributed by atoms with van der Waals surface area (Å²) in [5, 5.41) is 3.15. The summed E-state index contributed by atoms with van der Waals surface area (Å²) >= 11 is 0. The van der Waals surface area contributed by atoms with Gasteiger partial charge >= 0.3 is 6.09 Å². The molecule has 7 nitrogen and oxygen atoms in total. The Morgan fingerprint density at radius 1 is 1.30 bits per heavy atom. The number of imide groups is 1. The molecule has 2 heterocycles. The molecular formula is C16H27N3O4. The maximum atomic E-state index is 12.3. The fraction of sp³-hybridized carbons (Fsp3) is 0.812. The van der Waals surface area contributed by atoms with Gasteiger partial charge in [0.05, 0.1) is 12.5 Å². The molecule has 2 atom stereocenters. The zero-order chi connectivity index (χ0) is 17.2. The molecule has 0 spiro atoms. The molecule has 2 unspecified atom stereocenters. The lowest BCUT2D eigenvalue weighted by atomic mass is 10.0. The van der Waals surface area contributed by atoms with Crippen LogP contribution in [0.4, 0.5) is 4.79 Å². The monoisotopic (exact) mass is 325 g/mol. The Balaban J connectivity index is 1.93. The van der Waals surface area contributed by atoms with Gasteiger partial charge in [-0.25, -0.2) is 4.79 Å². The van der Waals surface area contributed by atoms with Gasteiger partial charge in [0.15, 0.2) is 0 Å². The number of hydrogen-bond donors (Lipinski definition) is 1. The lowest BCUT2D eigenvalue weighted by Crippen LogP contribution is -2.52. The van der Waals surface area contributed by atoms with E-state index in [1.54, 1.807) is 4.90 Å². The molecule has 0 aliphatic carbocycles. The number of nitrogens with zero attached hydrogens (tertiary/aromatic N) is 2. The summed E-state index contributed by atoms with van der Waals surface area (Å²) < 4.78 is 5.46. The topological polar surface area (TPSA) is 79.0 Å². The standard InChI is InChI=1S/C16H27N3O4/c1-16(2,3)23-15(22)19-8-6-5-7-11(19)10-17-12-9-13(20)18(4)14(12)21/h11-12,17H,5-10H2,1-4H3. The van der Waals surface area contributed by atoms with Crippen molar-refractivity contribution in [3.8, 4) is 0 Å². The first-order valence-electron chi connectivity index (χ1n) is 8.22. The van der Waals surface area contributed by atoms with Crippen LogP contribution in [0.25, 0.3) is 0 Å². The summed E-state index contributed by atoms with van der Waals surface area (Å²) in [5.41, 5.74) is -0.525. The van der Waals surface area contributed by atoms with Crippen molar-refractivity contribution in [2.75, 3.05) is 20.1 Å². The van der Waals surface area contributed by atoms with Gasteiger partial charge < -0.3 is 15.0 Å². The zero-order valence-electron chi connectivity index (χ0n) is 14.4. The average Bonchev–Trinajstić information content (AvgIpc) is 2.71. The summed E-state index contributed by atoms with van der Waals surface area (Å²) in [5.74, 6) is -0.366. The van der Waals surface area contributed by atoms with E-state index in [9.17, 15) is 14.4 Å². The molecule has 2 aliphatic heterocycles. The molecule has 0 radical (unpaired) electrons. The zero-order valence-corrected chi connectivity index (χ0v) is 14.4. The van der Waals surface area contributed by atoms with Crippen molar-refractivity contribution in [3.63, 3.8) is 0 Å². The van der Waals surface area contributed by atoms with Gasteiger partial charge in [-0.2, -0.15) is 0 Å². The minimum Gasteiger partial charge on any atom is -0.444 e. The molecule has 0 aromatic heterocycles. The molecule has 0 aromatic carbocycles. The lowest BCUT2D eigenvalue weighted by molar-refractivity contribution is -0.137. The smallest absolute Gasteiger partial charge is 0.410 e. The second-order valence-corrected chi connectivity index (χ2v) is 7.28. The van der Waals surface area contributed by atoms with E-state index in [0.717, 1.165) is 24.2 Å². The summed E-state index contributed by atoms with van der Waals surface area (Å²) in [4.78, 5) is 38.7. The molecular weight excluding hydrogens is 298 g/mol. The highest BCUT2D eigenvalue weighted by molar-refractivity contribution is 6.05. The van der Waals surface area contributed by atoms with Crippen LogP contribution in [0.1, 0.15) is 46.5 Å². The quantitative estimate of drug-likeness (QED) is 0.787. The van der Waals surface area contributed by atoms with Crippen molar-refractivity contribution in [2.24, 2.45) is 0 Å². The number of carbonyl (C=O) groups excluding carboxylic acids is 3. The normalized spacial score (nSPS) is 25.9. The third-order valence-corrected chi connectivity index (χ3v) is 4.24. The number of nitrogens with one attached hydrogen (secondary N) is 1. The molecule has 0 saturated carbocycles. The van der Waals surface area contributed by atoms with Crippen LogP contribution in [0.3, 0.4) is 0 Å². The number of likely N-dealkylation sites (tertiary alicyclic amines) is 2. The second-order valence-electron chi connectivity index (χ2n) is 7.28. The molecule has 3 amide bonds. The molecule has 7 heteroatoms. The van der Waals surface area contributed by atoms with Gasteiger partial charge in [0.2, 0.25) is 11.8 Å². The molecule has 130 valence electrons. The predicted molar refractivity (Wildman–Crippen MR) is 84.8 cm³/mol. The fourth-order valence-electron chi connectivity index (χ4n) is 2.97. The van der Waals surface area contributed by atoms with Crippen LogP contribution in [-0.4, -0.2) is 65.5 Å². The van der Waals surface area contributed by atoms with E-state index in [-0.39, 0.29) is 30.4 Å². The van der Waals surface area contributed by atoms with Crippen molar-refractivity contribution >= 4 is 17.9 Å². The van der Waals surface area contributed by atoms with Gasteiger partial charge in [-0.1, -0.05) is 0 Å². The molecule has 0 bridgehead atoms. The van der Waals surface area contributed by atoms with Gasteiger partial charge in [0.1, 0.15) is 5.60 Å². The number of piperidine rings is 1. The molecule has 0 aromatic rings. The first-order valence-corrected chi connectivity index (χ1v) is 8.22. The molecule has 2 aliphatic rings. The highest BCUT2D eigenvalue weighted by Crippen LogP contribution is 2.20. The Bertz CT molecular complexity index is 486. The maximum Gasteiger partial charge on any atom is 0.410 e. The minimum absolute atomic E-state index is 0.00703. The SMILES string of the molecule is CN1C(=O)CC(NCC2CCCCN2C(=O)OC(C)(C)C)C1=O. The van der Waals surface area contributed by atoms with Gasteiger partial charge in [0, 0.05) is 26.2 Å². The Labute approximate surface area is 137 Å². The van der Waals surface area contributed by atoms with Gasteiger partial charge in [-0.15, -0.1) is 0 Å². The molecule has 23 heavy (non-hydrogen) atoms. The Hall–Kier alpha value is -1.63. The Kier molecular flexibility index (Phi) is 5.29. The first-order chi connectivity index (χ1) is 10.7. The van der Waals surface area contributed by atoms with Crippen LogP contribution in [0, 0.1) is 0 Å². The van der Waals surface area contributed by atoms with Crippen LogP contribution in [0.5, 0.6) is 0 Å². The van der Waals surface area contributed by atoms with Crippen molar-refractivity contribution in [1.82, 2.24) is 15.1 Å². The van der Waals surface area contributed by atoms with E-state index in [2.05, 4.69) is 5.32 Å². The second kappa shape index (κ2) is 6.86. The largest absolute Gasteiger partial charge is 0.444 e. The molecule has 2 fully saturated rings. The number of likely N-dealkylation sites (N-methyl/N-ethyl adjacent to an activating group) is 1. The van der Waals surface area contributed by atoms with E-state index in [1.165, 1.54) is 7.05 Å². The number of hydrogen-bond acceptors (Lipinski definition) is 5. The van der Waals surface area contributed by atoms with Crippen LogP contribution in [-0.2, 0) is 14.3 Å². The van der Waals surface area contributed by atoms with E-state index < -0.39 is 11.6 Å². The van der Waals surface area contributed by atoms with Crippen LogP contribution >= 0.6 is 0 Å².